The molecule has 4 rings (SSSR count). The van der Waals surface area contributed by atoms with Crippen molar-refractivity contribution in [1.29, 1.82) is 0 Å². The van der Waals surface area contributed by atoms with Crippen LogP contribution < -0.4 is 14.6 Å². The van der Waals surface area contributed by atoms with Crippen molar-refractivity contribution in [2.75, 3.05) is 30.7 Å². The lowest BCUT2D eigenvalue weighted by atomic mass is 10.1. The molecule has 1 aromatic heterocycles. The number of hydrogen-bond acceptors (Lipinski definition) is 5. The molecule has 0 atom stereocenters. The Labute approximate surface area is 269 Å². The van der Waals surface area contributed by atoms with Crippen molar-refractivity contribution in [2.45, 2.75) is 32.2 Å². The van der Waals surface area contributed by atoms with Crippen LogP contribution in [0.5, 0.6) is 0 Å². The number of para-hydroxylation sites is 2. The minimum absolute atomic E-state index is 0.818. The minimum Gasteiger partial charge on any atom is -0.293 e. The first kappa shape index (κ1) is 31.9. The summed E-state index contributed by atoms with van der Waals surface area (Å²) < 4.78 is 5.57. The van der Waals surface area contributed by atoms with E-state index < -0.39 is 0 Å². The van der Waals surface area contributed by atoms with E-state index in [4.69, 9.17) is 0 Å². The molecule has 43 heavy (non-hydrogen) atoms. The average molecular weight is 687 g/mol. The van der Waals surface area contributed by atoms with E-state index in [2.05, 4.69) is 109 Å². The Morgan fingerprint density at radius 1 is 0.814 bits per heavy atom. The number of benzene rings is 3. The maximum Gasteiger partial charge on any atom is 0.301 e. The zero-order chi connectivity index (χ0) is 30.3. The Hall–Kier alpha value is -4.05. The van der Waals surface area contributed by atoms with E-state index in [1.807, 2.05) is 91.3 Å². The van der Waals surface area contributed by atoms with Gasteiger partial charge in [0.1, 0.15) is 18.6 Å². The molecule has 3 aromatic carbocycles. The van der Waals surface area contributed by atoms with Gasteiger partial charge in [-0.15, -0.1) is 0 Å². The predicted octanol–water partition coefficient (Wildman–Crippen LogP) is 7.22. The number of anilines is 2. The fourth-order valence-electron chi connectivity index (χ4n) is 4.54. The van der Waals surface area contributed by atoms with Crippen LogP contribution in [-0.2, 0) is 13.6 Å². The van der Waals surface area contributed by atoms with Crippen molar-refractivity contribution in [2.24, 2.45) is 22.2 Å². The highest BCUT2D eigenvalue weighted by Crippen LogP contribution is 2.20. The molecule has 0 spiro atoms. The smallest absolute Gasteiger partial charge is 0.293 e. The van der Waals surface area contributed by atoms with Crippen molar-refractivity contribution in [3.63, 3.8) is 0 Å². The van der Waals surface area contributed by atoms with Crippen molar-refractivity contribution < 1.29 is 4.57 Å². The summed E-state index contributed by atoms with van der Waals surface area (Å²) in [4.78, 5) is 4.68. The van der Waals surface area contributed by atoms with Crippen LogP contribution in [0, 0.1) is 3.57 Å². The Kier molecular flexibility index (Phi) is 12.7. The molecule has 0 aliphatic rings. The monoisotopic (exact) mass is 686 g/mol. The van der Waals surface area contributed by atoms with Gasteiger partial charge < -0.3 is 0 Å². The van der Waals surface area contributed by atoms with Crippen LogP contribution >= 0.6 is 22.6 Å². The summed E-state index contributed by atoms with van der Waals surface area (Å²) in [6.07, 6.45) is 16.6. The van der Waals surface area contributed by atoms with Crippen LogP contribution in [-0.4, -0.2) is 43.9 Å². The van der Waals surface area contributed by atoms with E-state index >= 15 is 0 Å². The van der Waals surface area contributed by atoms with Gasteiger partial charge in [0.05, 0.1) is 31.2 Å². The molecular weight excluding hydrogens is 645 g/mol. The summed E-state index contributed by atoms with van der Waals surface area (Å²) in [5.74, 6) is 1.08. The van der Waals surface area contributed by atoms with E-state index in [1.54, 1.807) is 0 Å². The van der Waals surface area contributed by atoms with Gasteiger partial charge in [-0.1, -0.05) is 61.0 Å². The highest BCUT2D eigenvalue weighted by Gasteiger charge is 2.12. The first-order valence-electron chi connectivity index (χ1n) is 14.7. The number of aryl methyl sites for hydroxylation is 2. The lowest BCUT2D eigenvalue weighted by Gasteiger charge is -2.13. The van der Waals surface area contributed by atoms with E-state index in [-0.39, 0.29) is 0 Å². The topological polar surface area (TPSA) is 52.4 Å². The largest absolute Gasteiger partial charge is 0.301 e. The number of aliphatic imine (C=N–C) groups is 1. The third-order valence-corrected chi connectivity index (χ3v) is 8.02. The van der Waals surface area contributed by atoms with Crippen LogP contribution in [0.2, 0.25) is 0 Å². The van der Waals surface area contributed by atoms with Gasteiger partial charge in [0.25, 0.3) is 0 Å². The van der Waals surface area contributed by atoms with Crippen molar-refractivity contribution >= 4 is 58.2 Å². The van der Waals surface area contributed by atoms with Crippen molar-refractivity contribution in [3.8, 4) is 0 Å². The maximum absolute atomic E-state index is 4.69. The SMILES string of the molecule is CN(/N=C/C(=C/C=NCCCCCCn1cc[n+](C)c1/C=N/N(C)c1ccccc1)c1ccccc1I)c1ccccc1. The van der Waals surface area contributed by atoms with Gasteiger partial charge in [0.2, 0.25) is 0 Å². The number of nitrogens with zero attached hydrogens (tertiary/aromatic N) is 7. The molecule has 0 aliphatic heterocycles. The summed E-state index contributed by atoms with van der Waals surface area (Å²) in [6.45, 7) is 1.79. The van der Waals surface area contributed by atoms with Gasteiger partial charge in [0, 0.05) is 36.0 Å². The zero-order valence-electron chi connectivity index (χ0n) is 25.3. The molecule has 0 saturated heterocycles. The number of halogens is 1. The van der Waals surface area contributed by atoms with E-state index in [1.165, 1.54) is 9.99 Å². The van der Waals surface area contributed by atoms with Crippen LogP contribution in [0.15, 0.2) is 119 Å². The van der Waals surface area contributed by atoms with Gasteiger partial charge >= 0.3 is 5.82 Å². The van der Waals surface area contributed by atoms with E-state index in [9.17, 15) is 0 Å². The molecule has 8 heteroatoms. The van der Waals surface area contributed by atoms with Crippen molar-refractivity contribution in [3.05, 3.63) is 118 Å². The van der Waals surface area contributed by atoms with Crippen LogP contribution in [0.25, 0.3) is 5.57 Å². The Morgan fingerprint density at radius 3 is 2.14 bits per heavy atom. The number of allylic oxidation sites excluding steroid dienone is 2. The molecule has 0 fully saturated rings. The molecule has 7 nitrogen and oxygen atoms in total. The average Bonchev–Trinajstić information content (AvgIpc) is 3.40. The molecule has 0 saturated carbocycles. The molecule has 0 radical (unpaired) electrons. The zero-order valence-corrected chi connectivity index (χ0v) is 27.5. The summed E-state index contributed by atoms with van der Waals surface area (Å²) in [7, 11) is 5.99. The minimum atomic E-state index is 0.818. The third kappa shape index (κ3) is 10.0. The normalized spacial score (nSPS) is 12.1. The highest BCUT2D eigenvalue weighted by molar-refractivity contribution is 14.1. The molecule has 0 N–H and O–H groups in total. The quantitative estimate of drug-likeness (QED) is 0.0436. The van der Waals surface area contributed by atoms with Gasteiger partial charge in [-0.25, -0.2) is 9.13 Å². The molecule has 1 heterocycles. The van der Waals surface area contributed by atoms with E-state index in [0.29, 0.717) is 0 Å². The van der Waals surface area contributed by atoms with Crippen LogP contribution in [0.4, 0.5) is 11.4 Å². The molecule has 0 bridgehead atoms. The molecule has 4 aromatic rings. The Balaban J connectivity index is 1.24. The van der Waals surface area contributed by atoms with Gasteiger partial charge in [0.15, 0.2) is 0 Å². The Morgan fingerprint density at radius 2 is 1.44 bits per heavy atom. The molecule has 0 aliphatic carbocycles. The van der Waals surface area contributed by atoms with Crippen molar-refractivity contribution in [1.82, 2.24) is 4.57 Å². The van der Waals surface area contributed by atoms with Gasteiger partial charge in [-0.3, -0.25) is 15.0 Å². The fraction of sp³-hybridized carbons (Fsp3) is 0.257. The second kappa shape index (κ2) is 17.2. The predicted molar refractivity (Wildman–Crippen MR) is 190 cm³/mol. The maximum atomic E-state index is 4.69. The van der Waals surface area contributed by atoms with Gasteiger partial charge in [-0.2, -0.15) is 10.2 Å². The number of rotatable bonds is 15. The van der Waals surface area contributed by atoms with Crippen LogP contribution in [0.3, 0.4) is 0 Å². The number of unbranched alkanes of at least 4 members (excludes halogenated alkanes) is 3. The number of hydrogen-bond donors (Lipinski definition) is 0. The lowest BCUT2D eigenvalue weighted by molar-refractivity contribution is -0.671. The molecule has 0 unspecified atom stereocenters. The summed E-state index contributed by atoms with van der Waals surface area (Å²) in [5, 5.41) is 13.1. The highest BCUT2D eigenvalue weighted by atomic mass is 127. The number of aromatic nitrogens is 2. The fourth-order valence-corrected chi connectivity index (χ4v) is 5.24. The molecule has 222 valence electrons. The third-order valence-electron chi connectivity index (χ3n) is 7.08. The first-order valence-corrected chi connectivity index (χ1v) is 15.8. The standard InChI is InChI=1S/C35H41IN7/c1-40-26-27-43(35(40)29-39-42(3)32-18-10-7-11-19-32)25-15-5-4-14-23-37-24-22-30(33-20-12-13-21-34(33)36)28-38-41(2)31-16-8-6-9-17-31/h6-13,16-22,24,26-29H,4-5,14-15,23,25H2,1-3H3/q+1/b30-22-,37-24?,38-28+. The summed E-state index contributed by atoms with van der Waals surface area (Å²) in [5.41, 5.74) is 4.28. The summed E-state index contributed by atoms with van der Waals surface area (Å²) >= 11 is 2.38. The van der Waals surface area contributed by atoms with Crippen LogP contribution in [0.1, 0.15) is 37.1 Å². The Bertz CT molecular complexity index is 1520. The van der Waals surface area contributed by atoms with Gasteiger partial charge in [-0.05, 0) is 83.8 Å². The number of hydrazone groups is 2. The number of imidazole rings is 1. The molecule has 0 amide bonds. The van der Waals surface area contributed by atoms with E-state index in [0.717, 1.165) is 60.7 Å². The second-order valence-corrected chi connectivity index (χ2v) is 11.4. The first-order chi connectivity index (χ1) is 21.0. The summed E-state index contributed by atoms with van der Waals surface area (Å²) in [6, 6.07) is 28.7. The second-order valence-electron chi connectivity index (χ2n) is 10.2. The molecular formula is C35H41IN7+. The lowest BCUT2D eigenvalue weighted by Crippen LogP contribution is -2.32.